The second-order valence-corrected chi connectivity index (χ2v) is 4.15. The highest BCUT2D eigenvalue weighted by Gasteiger charge is 2.14. The second-order valence-electron chi connectivity index (χ2n) is 4.15. The van der Waals surface area contributed by atoms with Gasteiger partial charge in [-0.1, -0.05) is 32.9 Å². The summed E-state index contributed by atoms with van der Waals surface area (Å²) >= 11 is 0. The molecular weight excluding hydrogens is 202 g/mol. The first kappa shape index (κ1) is 12.6. The van der Waals surface area contributed by atoms with Crippen molar-refractivity contribution in [2.45, 2.75) is 33.1 Å². The van der Waals surface area contributed by atoms with Crippen molar-refractivity contribution < 1.29 is 9.90 Å². The number of carbonyl (C=O) groups is 1. The third-order valence-corrected chi connectivity index (χ3v) is 2.47. The summed E-state index contributed by atoms with van der Waals surface area (Å²) in [6.45, 7) is 6.60. The Morgan fingerprint density at radius 2 is 2.12 bits per heavy atom. The Labute approximate surface area is 96.5 Å². The molecule has 88 valence electrons. The molecule has 1 rings (SSSR count). The number of carbonyl (C=O) groups excluding carboxylic acids is 1. The van der Waals surface area contributed by atoms with Crippen LogP contribution in [-0.2, 0) is 0 Å². The Morgan fingerprint density at radius 3 is 2.69 bits per heavy atom. The van der Waals surface area contributed by atoms with Gasteiger partial charge in [0.2, 0.25) is 0 Å². The zero-order valence-electron chi connectivity index (χ0n) is 10.1. The lowest BCUT2D eigenvalue weighted by Gasteiger charge is -2.12. The number of nitrogens with one attached hydrogen (secondary N) is 1. The molecule has 0 aliphatic carbocycles. The van der Waals surface area contributed by atoms with Gasteiger partial charge in [0.15, 0.2) is 0 Å². The van der Waals surface area contributed by atoms with Crippen molar-refractivity contribution >= 4 is 5.91 Å². The van der Waals surface area contributed by atoms with Gasteiger partial charge in [0, 0.05) is 6.54 Å². The predicted octanol–water partition coefficient (Wildman–Crippen LogP) is 2.66. The fraction of sp³-hybridized carbons (Fsp3) is 0.462. The third kappa shape index (κ3) is 2.75. The van der Waals surface area contributed by atoms with Gasteiger partial charge >= 0.3 is 0 Å². The van der Waals surface area contributed by atoms with E-state index in [0.29, 0.717) is 12.1 Å². The monoisotopic (exact) mass is 221 g/mol. The van der Waals surface area contributed by atoms with E-state index in [9.17, 15) is 9.90 Å². The second kappa shape index (κ2) is 5.54. The Balaban J connectivity index is 2.96. The standard InChI is InChI=1S/C13H19NO2/c1-4-8-14-13(16)11-7-5-6-10(9(2)3)12(11)15/h5-7,9,15H,4,8H2,1-3H3,(H,14,16). The van der Waals surface area contributed by atoms with Crippen molar-refractivity contribution in [3.63, 3.8) is 0 Å². The Morgan fingerprint density at radius 1 is 1.44 bits per heavy atom. The fourth-order valence-electron chi connectivity index (χ4n) is 1.54. The van der Waals surface area contributed by atoms with Gasteiger partial charge in [0.25, 0.3) is 5.91 Å². The van der Waals surface area contributed by atoms with Gasteiger partial charge in [-0.05, 0) is 24.0 Å². The van der Waals surface area contributed by atoms with Gasteiger partial charge in [-0.15, -0.1) is 0 Å². The van der Waals surface area contributed by atoms with E-state index in [1.807, 2.05) is 26.8 Å². The molecule has 0 aliphatic rings. The number of amides is 1. The SMILES string of the molecule is CCCNC(=O)c1cccc(C(C)C)c1O. The number of phenols is 1. The smallest absolute Gasteiger partial charge is 0.255 e. The van der Waals surface area contributed by atoms with E-state index in [2.05, 4.69) is 5.32 Å². The summed E-state index contributed by atoms with van der Waals surface area (Å²) in [5.74, 6) is 0.104. The molecule has 3 heteroatoms. The van der Waals surface area contributed by atoms with E-state index in [4.69, 9.17) is 0 Å². The molecule has 0 unspecified atom stereocenters. The van der Waals surface area contributed by atoms with Crippen LogP contribution in [-0.4, -0.2) is 17.6 Å². The van der Waals surface area contributed by atoms with Crippen LogP contribution < -0.4 is 5.32 Å². The molecule has 0 aromatic heterocycles. The molecule has 1 amide bonds. The van der Waals surface area contributed by atoms with Crippen LogP contribution in [0.2, 0.25) is 0 Å². The normalized spacial score (nSPS) is 10.5. The van der Waals surface area contributed by atoms with E-state index in [-0.39, 0.29) is 17.6 Å². The summed E-state index contributed by atoms with van der Waals surface area (Å²) in [5.41, 5.74) is 1.17. The summed E-state index contributed by atoms with van der Waals surface area (Å²) in [6, 6.07) is 5.29. The topological polar surface area (TPSA) is 49.3 Å². The largest absolute Gasteiger partial charge is 0.507 e. The number of rotatable bonds is 4. The van der Waals surface area contributed by atoms with Crippen LogP contribution in [0.25, 0.3) is 0 Å². The Kier molecular flexibility index (Phi) is 4.35. The maximum absolute atomic E-state index is 11.7. The van der Waals surface area contributed by atoms with Crippen LogP contribution >= 0.6 is 0 Å². The van der Waals surface area contributed by atoms with Crippen molar-refractivity contribution in [1.29, 1.82) is 0 Å². The third-order valence-electron chi connectivity index (χ3n) is 2.47. The minimum Gasteiger partial charge on any atom is -0.507 e. The molecule has 0 bridgehead atoms. The van der Waals surface area contributed by atoms with Crippen molar-refractivity contribution in [1.82, 2.24) is 5.32 Å². The molecule has 0 radical (unpaired) electrons. The summed E-state index contributed by atoms with van der Waals surface area (Å²) in [4.78, 5) is 11.7. The molecule has 16 heavy (non-hydrogen) atoms. The van der Waals surface area contributed by atoms with E-state index in [1.54, 1.807) is 12.1 Å². The molecule has 0 saturated carbocycles. The first-order valence-electron chi connectivity index (χ1n) is 5.68. The van der Waals surface area contributed by atoms with Gasteiger partial charge in [-0.3, -0.25) is 4.79 Å². The average Bonchev–Trinajstić information content (AvgIpc) is 2.25. The minimum absolute atomic E-state index is 0.103. The van der Waals surface area contributed by atoms with Crippen LogP contribution in [0.3, 0.4) is 0 Å². The van der Waals surface area contributed by atoms with E-state index in [0.717, 1.165) is 12.0 Å². The molecule has 1 aromatic rings. The lowest BCUT2D eigenvalue weighted by atomic mass is 9.99. The van der Waals surface area contributed by atoms with Crippen molar-refractivity contribution in [2.24, 2.45) is 0 Å². The molecule has 3 nitrogen and oxygen atoms in total. The minimum atomic E-state index is -0.207. The quantitative estimate of drug-likeness (QED) is 0.821. The molecule has 0 aliphatic heterocycles. The van der Waals surface area contributed by atoms with E-state index < -0.39 is 0 Å². The van der Waals surface area contributed by atoms with E-state index >= 15 is 0 Å². The number of phenolic OH excluding ortho intramolecular Hbond substituents is 1. The number of hydrogen-bond donors (Lipinski definition) is 2. The summed E-state index contributed by atoms with van der Waals surface area (Å²) in [6.07, 6.45) is 0.885. The van der Waals surface area contributed by atoms with Crippen LogP contribution in [0.1, 0.15) is 49.0 Å². The van der Waals surface area contributed by atoms with Gasteiger partial charge in [0.05, 0.1) is 5.56 Å². The number of aromatic hydroxyl groups is 1. The Bertz CT molecular complexity index is 372. The van der Waals surface area contributed by atoms with Gasteiger partial charge < -0.3 is 10.4 Å². The van der Waals surface area contributed by atoms with Crippen LogP contribution in [0.4, 0.5) is 0 Å². The van der Waals surface area contributed by atoms with Gasteiger partial charge in [-0.25, -0.2) is 0 Å². The molecule has 0 saturated heterocycles. The Hall–Kier alpha value is -1.51. The number of para-hydroxylation sites is 1. The maximum atomic E-state index is 11.7. The zero-order chi connectivity index (χ0) is 12.1. The lowest BCUT2D eigenvalue weighted by Crippen LogP contribution is -2.24. The molecule has 0 spiro atoms. The summed E-state index contributed by atoms with van der Waals surface area (Å²) < 4.78 is 0. The highest BCUT2D eigenvalue weighted by Crippen LogP contribution is 2.28. The molecular formula is C13H19NO2. The summed E-state index contributed by atoms with van der Waals surface area (Å²) in [5, 5.41) is 12.7. The van der Waals surface area contributed by atoms with Gasteiger partial charge in [0.1, 0.15) is 5.75 Å². The zero-order valence-corrected chi connectivity index (χ0v) is 10.1. The number of hydrogen-bond acceptors (Lipinski definition) is 2. The van der Waals surface area contributed by atoms with Crippen molar-refractivity contribution in [3.8, 4) is 5.75 Å². The fourth-order valence-corrected chi connectivity index (χ4v) is 1.54. The maximum Gasteiger partial charge on any atom is 0.255 e. The molecule has 1 aromatic carbocycles. The predicted molar refractivity (Wildman–Crippen MR) is 64.8 cm³/mol. The van der Waals surface area contributed by atoms with Crippen LogP contribution in [0.5, 0.6) is 5.75 Å². The molecule has 0 atom stereocenters. The summed E-state index contributed by atoms with van der Waals surface area (Å²) in [7, 11) is 0. The van der Waals surface area contributed by atoms with Crippen LogP contribution in [0.15, 0.2) is 18.2 Å². The lowest BCUT2D eigenvalue weighted by molar-refractivity contribution is 0.0951. The van der Waals surface area contributed by atoms with E-state index in [1.165, 1.54) is 0 Å². The first-order valence-corrected chi connectivity index (χ1v) is 5.68. The first-order chi connectivity index (χ1) is 7.57. The highest BCUT2D eigenvalue weighted by atomic mass is 16.3. The number of benzene rings is 1. The van der Waals surface area contributed by atoms with Crippen molar-refractivity contribution in [3.05, 3.63) is 29.3 Å². The molecule has 2 N–H and O–H groups in total. The molecule has 0 heterocycles. The van der Waals surface area contributed by atoms with Gasteiger partial charge in [-0.2, -0.15) is 0 Å². The average molecular weight is 221 g/mol. The van der Waals surface area contributed by atoms with Crippen LogP contribution in [0, 0.1) is 0 Å². The molecule has 0 fully saturated rings. The highest BCUT2D eigenvalue weighted by molar-refractivity contribution is 5.97. The van der Waals surface area contributed by atoms with Crippen molar-refractivity contribution in [2.75, 3.05) is 6.54 Å².